The van der Waals surface area contributed by atoms with Gasteiger partial charge in [-0.25, -0.2) is 5.43 Å². The molecular formula is C10H16N4O. The maximum absolute atomic E-state index is 6.93. The van der Waals surface area contributed by atoms with Crippen LogP contribution in [0.3, 0.4) is 0 Å². The van der Waals surface area contributed by atoms with E-state index in [1.54, 1.807) is 7.11 Å². The number of hydrogen-bond acceptors (Lipinski definition) is 3. The smallest absolute Gasteiger partial charge is 0.200 e. The third-order valence-electron chi connectivity index (χ3n) is 1.90. The molecule has 0 heterocycles. The molecule has 0 atom stereocenters. The fraction of sp³-hybridized carbons (Fsp3) is 0.300. The molecule has 0 saturated carbocycles. The quantitative estimate of drug-likeness (QED) is 0.241. The standard InChI is InChI=1S/C10H16N4O/c1-15-9-4-2-3-8(7-9)5-6-13-14-10(11)12/h2-4,7,13H,5-6H2,1H3,(H4,11,12,14). The van der Waals surface area contributed by atoms with Crippen LogP contribution in [0.5, 0.6) is 5.75 Å². The summed E-state index contributed by atoms with van der Waals surface area (Å²) in [6.07, 6.45) is 0.845. The molecule has 82 valence electrons. The minimum atomic E-state index is -0.0827. The molecule has 0 aliphatic carbocycles. The van der Waals surface area contributed by atoms with Crippen molar-refractivity contribution >= 4 is 5.96 Å². The van der Waals surface area contributed by atoms with Crippen molar-refractivity contribution < 1.29 is 4.74 Å². The first kappa shape index (κ1) is 11.3. The van der Waals surface area contributed by atoms with E-state index in [2.05, 4.69) is 10.9 Å². The fourth-order valence-electron chi connectivity index (χ4n) is 1.19. The number of rotatable bonds is 5. The Morgan fingerprint density at radius 2 is 2.33 bits per heavy atom. The Balaban J connectivity index is 2.33. The number of benzene rings is 1. The van der Waals surface area contributed by atoms with Crippen molar-refractivity contribution in [1.29, 1.82) is 5.41 Å². The Morgan fingerprint density at radius 1 is 1.53 bits per heavy atom. The molecule has 0 aliphatic rings. The summed E-state index contributed by atoms with van der Waals surface area (Å²) in [5.74, 6) is 0.771. The van der Waals surface area contributed by atoms with Crippen LogP contribution < -0.4 is 21.3 Å². The summed E-state index contributed by atoms with van der Waals surface area (Å²) in [4.78, 5) is 0. The maximum Gasteiger partial charge on any atom is 0.200 e. The molecule has 0 saturated heterocycles. The number of hydrogen-bond donors (Lipinski definition) is 4. The lowest BCUT2D eigenvalue weighted by atomic mass is 10.1. The van der Waals surface area contributed by atoms with E-state index in [1.807, 2.05) is 24.3 Å². The van der Waals surface area contributed by atoms with E-state index in [0.29, 0.717) is 6.54 Å². The Kier molecular flexibility index (Phi) is 4.43. The molecule has 0 spiro atoms. The zero-order valence-electron chi connectivity index (χ0n) is 8.71. The van der Waals surface area contributed by atoms with Crippen LogP contribution in [0.15, 0.2) is 24.3 Å². The van der Waals surface area contributed by atoms with Crippen molar-refractivity contribution in [3.8, 4) is 5.75 Å². The van der Waals surface area contributed by atoms with Crippen LogP contribution >= 0.6 is 0 Å². The van der Waals surface area contributed by atoms with Gasteiger partial charge in [-0.05, 0) is 24.1 Å². The van der Waals surface area contributed by atoms with Gasteiger partial charge in [0.15, 0.2) is 5.96 Å². The minimum absolute atomic E-state index is 0.0827. The highest BCUT2D eigenvalue weighted by molar-refractivity contribution is 5.73. The predicted molar refractivity (Wildman–Crippen MR) is 59.8 cm³/mol. The summed E-state index contributed by atoms with van der Waals surface area (Å²) in [5.41, 5.74) is 11.6. The van der Waals surface area contributed by atoms with Crippen molar-refractivity contribution in [3.63, 3.8) is 0 Å². The van der Waals surface area contributed by atoms with Gasteiger partial charge in [-0.2, -0.15) is 0 Å². The molecule has 1 rings (SSSR count). The largest absolute Gasteiger partial charge is 0.497 e. The molecule has 0 radical (unpaired) electrons. The first-order valence-electron chi connectivity index (χ1n) is 4.68. The summed E-state index contributed by atoms with van der Waals surface area (Å²) in [7, 11) is 1.65. The Bertz CT molecular complexity index is 327. The van der Waals surface area contributed by atoms with E-state index in [-0.39, 0.29) is 5.96 Å². The van der Waals surface area contributed by atoms with Crippen molar-refractivity contribution in [2.24, 2.45) is 5.73 Å². The normalized spacial score (nSPS) is 9.67. The monoisotopic (exact) mass is 208 g/mol. The van der Waals surface area contributed by atoms with E-state index >= 15 is 0 Å². The van der Waals surface area contributed by atoms with Crippen molar-refractivity contribution in [3.05, 3.63) is 29.8 Å². The summed E-state index contributed by atoms with van der Waals surface area (Å²) in [6.45, 7) is 0.701. The van der Waals surface area contributed by atoms with Gasteiger partial charge in [-0.3, -0.25) is 10.8 Å². The molecule has 1 aromatic rings. The Morgan fingerprint density at radius 3 is 3.00 bits per heavy atom. The lowest BCUT2D eigenvalue weighted by Gasteiger charge is -2.07. The Hall–Kier alpha value is -1.75. The lowest BCUT2D eigenvalue weighted by Crippen LogP contribution is -2.42. The van der Waals surface area contributed by atoms with Crippen LogP contribution in [0, 0.1) is 5.41 Å². The number of methoxy groups -OCH3 is 1. The third kappa shape index (κ3) is 4.33. The maximum atomic E-state index is 6.93. The molecule has 0 amide bonds. The number of guanidine groups is 1. The minimum Gasteiger partial charge on any atom is -0.497 e. The molecule has 15 heavy (non-hydrogen) atoms. The number of nitrogens with one attached hydrogen (secondary N) is 3. The second-order valence-electron chi connectivity index (χ2n) is 3.07. The highest BCUT2D eigenvalue weighted by Crippen LogP contribution is 2.12. The first-order valence-corrected chi connectivity index (χ1v) is 4.68. The second-order valence-corrected chi connectivity index (χ2v) is 3.07. The van der Waals surface area contributed by atoms with Gasteiger partial charge in [0.1, 0.15) is 5.75 Å². The number of nitrogens with two attached hydrogens (primary N) is 1. The van der Waals surface area contributed by atoms with Gasteiger partial charge in [0.25, 0.3) is 0 Å². The second kappa shape index (κ2) is 5.87. The van der Waals surface area contributed by atoms with Gasteiger partial charge in [0.05, 0.1) is 7.11 Å². The molecular weight excluding hydrogens is 192 g/mol. The third-order valence-corrected chi connectivity index (χ3v) is 1.90. The van der Waals surface area contributed by atoms with Gasteiger partial charge in [0.2, 0.25) is 0 Å². The fourth-order valence-corrected chi connectivity index (χ4v) is 1.19. The molecule has 0 unspecified atom stereocenters. The Labute approximate surface area is 89.1 Å². The molecule has 0 aromatic heterocycles. The van der Waals surface area contributed by atoms with Crippen LogP contribution in [0.2, 0.25) is 0 Å². The molecule has 0 aliphatic heterocycles. The van der Waals surface area contributed by atoms with Crippen molar-refractivity contribution in [2.75, 3.05) is 13.7 Å². The van der Waals surface area contributed by atoms with E-state index in [4.69, 9.17) is 15.9 Å². The molecule has 5 N–H and O–H groups in total. The zero-order valence-corrected chi connectivity index (χ0v) is 8.71. The van der Waals surface area contributed by atoms with Crippen LogP contribution in [0.25, 0.3) is 0 Å². The van der Waals surface area contributed by atoms with Gasteiger partial charge in [0, 0.05) is 6.54 Å². The molecule has 5 nitrogen and oxygen atoms in total. The van der Waals surface area contributed by atoms with Crippen LogP contribution in [-0.2, 0) is 6.42 Å². The van der Waals surface area contributed by atoms with Gasteiger partial charge in [-0.15, -0.1) is 0 Å². The predicted octanol–water partition coefficient (Wildman–Crippen LogP) is 0.225. The van der Waals surface area contributed by atoms with Crippen molar-refractivity contribution in [1.82, 2.24) is 10.9 Å². The summed E-state index contributed by atoms with van der Waals surface area (Å²) in [5, 5.41) is 6.93. The zero-order chi connectivity index (χ0) is 11.1. The van der Waals surface area contributed by atoms with Gasteiger partial charge in [-0.1, -0.05) is 12.1 Å². The molecule has 1 aromatic carbocycles. The van der Waals surface area contributed by atoms with Crippen LogP contribution in [0.1, 0.15) is 5.56 Å². The average molecular weight is 208 g/mol. The van der Waals surface area contributed by atoms with E-state index in [0.717, 1.165) is 12.2 Å². The summed E-state index contributed by atoms with van der Waals surface area (Å²) >= 11 is 0. The molecule has 5 heteroatoms. The van der Waals surface area contributed by atoms with Crippen LogP contribution in [-0.4, -0.2) is 19.6 Å². The van der Waals surface area contributed by atoms with Crippen LogP contribution in [0.4, 0.5) is 0 Å². The highest BCUT2D eigenvalue weighted by atomic mass is 16.5. The SMILES string of the molecule is COc1cccc(CCNNC(=N)N)c1. The summed E-state index contributed by atoms with van der Waals surface area (Å²) in [6, 6.07) is 7.87. The molecule has 0 fully saturated rings. The van der Waals surface area contributed by atoms with E-state index in [9.17, 15) is 0 Å². The number of ether oxygens (including phenoxy) is 1. The topological polar surface area (TPSA) is 83.2 Å². The first-order chi connectivity index (χ1) is 7.22. The highest BCUT2D eigenvalue weighted by Gasteiger charge is 1.95. The number of hydrazine groups is 1. The van der Waals surface area contributed by atoms with Gasteiger partial charge < -0.3 is 10.5 Å². The molecule has 0 bridgehead atoms. The average Bonchev–Trinajstić information content (AvgIpc) is 2.24. The van der Waals surface area contributed by atoms with E-state index < -0.39 is 0 Å². The van der Waals surface area contributed by atoms with E-state index in [1.165, 1.54) is 5.56 Å². The van der Waals surface area contributed by atoms with Crippen molar-refractivity contribution in [2.45, 2.75) is 6.42 Å². The lowest BCUT2D eigenvalue weighted by molar-refractivity contribution is 0.414. The van der Waals surface area contributed by atoms with Gasteiger partial charge >= 0.3 is 0 Å². The summed E-state index contributed by atoms with van der Waals surface area (Å²) < 4.78 is 5.11.